The van der Waals surface area contributed by atoms with Gasteiger partial charge in [-0.15, -0.1) is 0 Å². The van der Waals surface area contributed by atoms with Crippen LogP contribution >= 0.6 is 15.9 Å². The number of halogens is 1. The Morgan fingerprint density at radius 1 is 1.32 bits per heavy atom. The van der Waals surface area contributed by atoms with E-state index < -0.39 is 0 Å². The van der Waals surface area contributed by atoms with Crippen LogP contribution in [0.5, 0.6) is 11.6 Å². The third-order valence-corrected chi connectivity index (χ3v) is 3.07. The standard InChI is InChI=1S/C13H15BrN4O/c1-3-11-16-12(18-15)7-13(17-11)19-10-6-9(14)5-4-8(10)2/h4-7H,3,15H2,1-2H3,(H,16,17,18). The van der Waals surface area contributed by atoms with Crippen LogP contribution in [0.15, 0.2) is 28.7 Å². The Morgan fingerprint density at radius 2 is 2.11 bits per heavy atom. The Hall–Kier alpha value is -1.66. The molecule has 2 aromatic rings. The van der Waals surface area contributed by atoms with Crippen molar-refractivity contribution < 1.29 is 4.74 Å². The van der Waals surface area contributed by atoms with Crippen LogP contribution < -0.4 is 16.0 Å². The van der Waals surface area contributed by atoms with Gasteiger partial charge in [0.05, 0.1) is 0 Å². The zero-order valence-corrected chi connectivity index (χ0v) is 12.4. The van der Waals surface area contributed by atoms with Crippen molar-refractivity contribution in [1.82, 2.24) is 9.97 Å². The summed E-state index contributed by atoms with van der Waals surface area (Å²) in [5.41, 5.74) is 3.54. The molecule has 0 saturated carbocycles. The van der Waals surface area contributed by atoms with Crippen LogP contribution in [-0.4, -0.2) is 9.97 Å². The fraction of sp³-hybridized carbons (Fsp3) is 0.231. The minimum absolute atomic E-state index is 0.473. The van der Waals surface area contributed by atoms with Gasteiger partial charge in [-0.05, 0) is 24.6 Å². The lowest BCUT2D eigenvalue weighted by atomic mass is 10.2. The van der Waals surface area contributed by atoms with Crippen LogP contribution in [0.1, 0.15) is 18.3 Å². The second-order valence-corrected chi connectivity index (χ2v) is 4.93. The molecule has 0 spiro atoms. The normalized spacial score (nSPS) is 10.3. The zero-order valence-electron chi connectivity index (χ0n) is 10.8. The smallest absolute Gasteiger partial charge is 0.224 e. The van der Waals surface area contributed by atoms with Crippen LogP contribution in [0, 0.1) is 6.92 Å². The van der Waals surface area contributed by atoms with E-state index >= 15 is 0 Å². The number of aryl methyl sites for hydroxylation is 2. The van der Waals surface area contributed by atoms with Gasteiger partial charge in [0.1, 0.15) is 17.4 Å². The maximum atomic E-state index is 5.80. The highest BCUT2D eigenvalue weighted by Gasteiger charge is 2.07. The molecule has 1 aromatic heterocycles. The molecule has 19 heavy (non-hydrogen) atoms. The molecule has 6 heteroatoms. The first kappa shape index (κ1) is 13.8. The van der Waals surface area contributed by atoms with Crippen molar-refractivity contribution in [2.75, 3.05) is 5.43 Å². The van der Waals surface area contributed by atoms with Crippen LogP contribution in [0.3, 0.4) is 0 Å². The van der Waals surface area contributed by atoms with E-state index in [0.29, 0.717) is 23.9 Å². The number of ether oxygens (including phenoxy) is 1. The number of nitrogens with one attached hydrogen (secondary N) is 1. The lowest BCUT2D eigenvalue weighted by Crippen LogP contribution is -2.10. The van der Waals surface area contributed by atoms with Crippen molar-refractivity contribution in [1.29, 1.82) is 0 Å². The van der Waals surface area contributed by atoms with Crippen molar-refractivity contribution in [2.24, 2.45) is 5.84 Å². The SMILES string of the molecule is CCc1nc(NN)cc(Oc2cc(Br)ccc2C)n1. The summed E-state index contributed by atoms with van der Waals surface area (Å²) < 4.78 is 6.75. The number of benzene rings is 1. The van der Waals surface area contributed by atoms with Crippen molar-refractivity contribution >= 4 is 21.7 Å². The summed E-state index contributed by atoms with van der Waals surface area (Å²) >= 11 is 3.42. The third kappa shape index (κ3) is 3.42. The molecule has 100 valence electrons. The fourth-order valence-electron chi connectivity index (χ4n) is 1.55. The average Bonchev–Trinajstić information content (AvgIpc) is 2.42. The molecule has 0 unspecified atom stereocenters. The fourth-order valence-corrected chi connectivity index (χ4v) is 1.89. The van der Waals surface area contributed by atoms with Crippen molar-refractivity contribution in [2.45, 2.75) is 20.3 Å². The Morgan fingerprint density at radius 3 is 2.79 bits per heavy atom. The van der Waals surface area contributed by atoms with Gasteiger partial charge >= 0.3 is 0 Å². The van der Waals surface area contributed by atoms with Crippen LogP contribution in [0.25, 0.3) is 0 Å². The second kappa shape index (κ2) is 5.99. The molecule has 0 radical (unpaired) electrons. The van der Waals surface area contributed by atoms with Crippen molar-refractivity contribution in [3.63, 3.8) is 0 Å². The van der Waals surface area contributed by atoms with Crippen LogP contribution in [0.2, 0.25) is 0 Å². The highest BCUT2D eigenvalue weighted by Crippen LogP contribution is 2.28. The van der Waals surface area contributed by atoms with E-state index in [0.717, 1.165) is 15.8 Å². The number of aromatic nitrogens is 2. The molecule has 0 atom stereocenters. The summed E-state index contributed by atoms with van der Waals surface area (Å²) in [4.78, 5) is 8.54. The van der Waals surface area contributed by atoms with Gasteiger partial charge in [0.15, 0.2) is 0 Å². The lowest BCUT2D eigenvalue weighted by Gasteiger charge is -2.10. The second-order valence-electron chi connectivity index (χ2n) is 4.02. The van der Waals surface area contributed by atoms with Crippen LogP contribution in [-0.2, 0) is 6.42 Å². The Bertz CT molecular complexity index is 567. The van der Waals surface area contributed by atoms with Gasteiger partial charge in [0.25, 0.3) is 0 Å². The number of anilines is 1. The molecule has 2 rings (SSSR count). The van der Waals surface area contributed by atoms with E-state index in [2.05, 4.69) is 31.3 Å². The molecule has 0 saturated heterocycles. The summed E-state index contributed by atoms with van der Waals surface area (Å²) in [5, 5.41) is 0. The molecule has 1 heterocycles. The topological polar surface area (TPSA) is 73.1 Å². The number of hydrogen-bond donors (Lipinski definition) is 2. The van der Waals surface area contributed by atoms with Gasteiger partial charge in [0, 0.05) is 17.0 Å². The van der Waals surface area contributed by atoms with Crippen molar-refractivity contribution in [3.8, 4) is 11.6 Å². The first-order valence-electron chi connectivity index (χ1n) is 5.91. The molecule has 0 bridgehead atoms. The predicted octanol–water partition coefficient (Wildman–Crippen LogP) is 3.19. The minimum Gasteiger partial charge on any atom is -0.439 e. The first-order chi connectivity index (χ1) is 9.12. The largest absolute Gasteiger partial charge is 0.439 e. The summed E-state index contributed by atoms with van der Waals surface area (Å²) in [7, 11) is 0. The number of nitrogen functional groups attached to an aromatic ring is 1. The molecule has 1 aromatic carbocycles. The summed E-state index contributed by atoms with van der Waals surface area (Å²) in [6.07, 6.45) is 0.712. The maximum absolute atomic E-state index is 5.80. The average molecular weight is 323 g/mol. The molecule has 0 aliphatic carbocycles. The van der Waals surface area contributed by atoms with Gasteiger partial charge in [-0.3, -0.25) is 0 Å². The highest BCUT2D eigenvalue weighted by molar-refractivity contribution is 9.10. The number of hydrogen-bond acceptors (Lipinski definition) is 5. The maximum Gasteiger partial charge on any atom is 0.224 e. The molecular formula is C13H15BrN4O. The van der Waals surface area contributed by atoms with E-state index in [4.69, 9.17) is 10.6 Å². The summed E-state index contributed by atoms with van der Waals surface area (Å²) in [6, 6.07) is 7.51. The Labute approximate surface area is 120 Å². The number of hydrazine groups is 1. The Kier molecular flexibility index (Phi) is 4.34. The first-order valence-corrected chi connectivity index (χ1v) is 6.70. The van der Waals surface area contributed by atoms with Gasteiger partial charge < -0.3 is 10.2 Å². The van der Waals surface area contributed by atoms with Gasteiger partial charge in [-0.1, -0.05) is 28.9 Å². The molecular weight excluding hydrogens is 308 g/mol. The van der Waals surface area contributed by atoms with Gasteiger partial charge in [-0.25, -0.2) is 10.8 Å². The zero-order chi connectivity index (χ0) is 13.8. The van der Waals surface area contributed by atoms with E-state index in [1.54, 1.807) is 6.07 Å². The van der Waals surface area contributed by atoms with E-state index in [1.165, 1.54) is 0 Å². The van der Waals surface area contributed by atoms with E-state index in [9.17, 15) is 0 Å². The molecule has 0 fully saturated rings. The summed E-state index contributed by atoms with van der Waals surface area (Å²) in [6.45, 7) is 3.95. The summed E-state index contributed by atoms with van der Waals surface area (Å²) in [5.74, 6) is 7.82. The van der Waals surface area contributed by atoms with Gasteiger partial charge in [0.2, 0.25) is 5.88 Å². The molecule has 0 aliphatic rings. The van der Waals surface area contributed by atoms with Crippen LogP contribution in [0.4, 0.5) is 5.82 Å². The lowest BCUT2D eigenvalue weighted by molar-refractivity contribution is 0.455. The van der Waals surface area contributed by atoms with Gasteiger partial charge in [-0.2, -0.15) is 4.98 Å². The Balaban J connectivity index is 2.34. The quantitative estimate of drug-likeness (QED) is 0.668. The van der Waals surface area contributed by atoms with Crippen molar-refractivity contribution in [3.05, 3.63) is 40.1 Å². The van der Waals surface area contributed by atoms with E-state index in [1.807, 2.05) is 32.0 Å². The molecule has 0 aliphatic heterocycles. The third-order valence-electron chi connectivity index (χ3n) is 2.58. The number of rotatable bonds is 4. The minimum atomic E-state index is 0.473. The highest BCUT2D eigenvalue weighted by atomic mass is 79.9. The molecule has 0 amide bonds. The monoisotopic (exact) mass is 322 g/mol. The predicted molar refractivity (Wildman–Crippen MR) is 78.2 cm³/mol. The van der Waals surface area contributed by atoms with E-state index in [-0.39, 0.29) is 0 Å². The molecule has 5 nitrogen and oxygen atoms in total. The number of nitrogens with two attached hydrogens (primary N) is 1. The molecule has 3 N–H and O–H groups in total. The number of nitrogens with zero attached hydrogens (tertiary/aromatic N) is 2.